The summed E-state index contributed by atoms with van der Waals surface area (Å²) in [5.74, 6) is -1.97. The molecule has 4 aromatic rings. The van der Waals surface area contributed by atoms with Crippen LogP contribution >= 0.6 is 11.3 Å². The second-order valence-corrected chi connectivity index (χ2v) is 11.5. The zero-order chi connectivity index (χ0) is 29.9. The lowest BCUT2D eigenvalue weighted by Crippen LogP contribution is -2.51. The first kappa shape index (κ1) is 28.3. The molecule has 2 saturated heterocycles. The van der Waals surface area contributed by atoms with Crippen molar-refractivity contribution < 1.29 is 31.4 Å². The van der Waals surface area contributed by atoms with E-state index in [4.69, 9.17) is 15.2 Å². The average molecular weight is 605 g/mol. The number of rotatable bonds is 6. The van der Waals surface area contributed by atoms with Crippen molar-refractivity contribution in [2.75, 3.05) is 37.4 Å². The third-order valence-electron chi connectivity index (χ3n) is 7.76. The minimum Gasteiger partial charge on any atom is -0.461 e. The summed E-state index contributed by atoms with van der Waals surface area (Å²) < 4.78 is 86.3. The number of hydrogen-bond donors (Lipinski definition) is 2. The summed E-state index contributed by atoms with van der Waals surface area (Å²) in [6.07, 6.45) is -3.59. The number of nitrogens with zero attached hydrogens (tertiary/aromatic N) is 4. The molecule has 3 atom stereocenters. The Morgan fingerprint density at radius 3 is 2.57 bits per heavy atom. The number of nitrogens with one attached hydrogen (secondary N) is 1. The van der Waals surface area contributed by atoms with Gasteiger partial charge in [-0.25, -0.2) is 8.78 Å². The summed E-state index contributed by atoms with van der Waals surface area (Å²) in [7, 11) is 1.48. The van der Waals surface area contributed by atoms with E-state index >= 15 is 4.39 Å². The first-order chi connectivity index (χ1) is 20.0. The number of anilines is 2. The number of ether oxygens (including phenoxy) is 2. The molecule has 2 aromatic heterocycles. The maximum absolute atomic E-state index is 16.7. The van der Waals surface area contributed by atoms with E-state index in [1.165, 1.54) is 7.11 Å². The Hall–Kier alpha value is -3.80. The average Bonchev–Trinajstić information content (AvgIpc) is 3.48. The van der Waals surface area contributed by atoms with Gasteiger partial charge in [0.1, 0.15) is 34.8 Å². The number of nitriles is 1. The van der Waals surface area contributed by atoms with Crippen LogP contribution in [0.25, 0.3) is 32.1 Å². The Kier molecular flexibility index (Phi) is 7.07. The molecular weight excluding hydrogens is 579 g/mol. The van der Waals surface area contributed by atoms with Crippen molar-refractivity contribution >= 4 is 43.1 Å². The van der Waals surface area contributed by atoms with Gasteiger partial charge in [0.2, 0.25) is 0 Å². The Bertz CT molecular complexity index is 1740. The summed E-state index contributed by atoms with van der Waals surface area (Å²) in [5.41, 5.74) is 2.79. The van der Waals surface area contributed by atoms with Crippen molar-refractivity contribution in [3.8, 4) is 23.2 Å². The van der Waals surface area contributed by atoms with E-state index < -0.39 is 34.5 Å². The maximum atomic E-state index is 16.7. The summed E-state index contributed by atoms with van der Waals surface area (Å²) in [4.78, 5) is 10.5. The highest BCUT2D eigenvalue weighted by Crippen LogP contribution is 2.48. The predicted octanol–water partition coefficient (Wildman–Crippen LogP) is 5.62. The van der Waals surface area contributed by atoms with E-state index in [-0.39, 0.29) is 68.2 Å². The normalized spacial score (nSPS) is 19.4. The van der Waals surface area contributed by atoms with Crippen molar-refractivity contribution in [1.29, 1.82) is 5.26 Å². The smallest absolute Gasteiger partial charge is 0.417 e. The zero-order valence-electron chi connectivity index (χ0n) is 22.5. The SMILES string of the molecule is CO[C@@H](C)COc1nc(N2CC3CCC(C2)N3)c2cc(C(F)(F)F)c(-c3ccc(F)c4sc(N)c(C#N)c34)c(F)c2n1. The molecule has 8 nitrogen and oxygen atoms in total. The topological polar surface area (TPSA) is 109 Å². The molecule has 3 N–H and O–H groups in total. The largest absolute Gasteiger partial charge is 0.461 e. The van der Waals surface area contributed by atoms with Crippen LogP contribution in [0, 0.1) is 23.0 Å². The van der Waals surface area contributed by atoms with Gasteiger partial charge in [-0.2, -0.15) is 28.4 Å². The molecule has 14 heteroatoms. The fraction of sp³-hybridized carbons (Fsp3) is 0.393. The van der Waals surface area contributed by atoms with Crippen LogP contribution in [-0.4, -0.2) is 55.0 Å². The van der Waals surface area contributed by atoms with Gasteiger partial charge in [-0.05, 0) is 37.5 Å². The van der Waals surface area contributed by atoms with Crippen molar-refractivity contribution in [2.45, 2.75) is 44.1 Å². The minimum atomic E-state index is -5.03. The molecular formula is C28H25F5N6O2S. The van der Waals surface area contributed by atoms with Crippen molar-refractivity contribution in [3.63, 3.8) is 0 Å². The van der Waals surface area contributed by atoms with E-state index in [0.717, 1.165) is 31.0 Å². The first-order valence-electron chi connectivity index (χ1n) is 13.2. The quantitative estimate of drug-likeness (QED) is 0.273. The molecule has 0 amide bonds. The van der Waals surface area contributed by atoms with Crippen LogP contribution in [0.1, 0.15) is 30.9 Å². The highest BCUT2D eigenvalue weighted by Gasteiger charge is 2.39. The van der Waals surface area contributed by atoms with Gasteiger partial charge in [0.05, 0.1) is 21.9 Å². The predicted molar refractivity (Wildman–Crippen MR) is 149 cm³/mol. The number of alkyl halides is 3. The van der Waals surface area contributed by atoms with Gasteiger partial charge >= 0.3 is 12.2 Å². The third kappa shape index (κ3) is 4.75. The van der Waals surface area contributed by atoms with Crippen molar-refractivity contribution in [1.82, 2.24) is 15.3 Å². The Labute approximate surface area is 240 Å². The lowest BCUT2D eigenvalue weighted by atomic mass is 9.92. The molecule has 2 aliphatic heterocycles. The Morgan fingerprint density at radius 2 is 1.93 bits per heavy atom. The number of thiophene rings is 1. The van der Waals surface area contributed by atoms with Gasteiger partial charge in [-0.3, -0.25) is 0 Å². The molecule has 0 radical (unpaired) electrons. The molecule has 0 aliphatic carbocycles. The second-order valence-electron chi connectivity index (χ2n) is 10.5. The van der Waals surface area contributed by atoms with E-state index in [2.05, 4.69) is 15.3 Å². The number of nitrogen functional groups attached to an aromatic ring is 1. The molecule has 2 aromatic carbocycles. The molecule has 220 valence electrons. The van der Waals surface area contributed by atoms with Crippen LogP contribution in [0.3, 0.4) is 0 Å². The second kappa shape index (κ2) is 10.5. The lowest BCUT2D eigenvalue weighted by molar-refractivity contribution is -0.137. The molecule has 2 bridgehead atoms. The summed E-state index contributed by atoms with van der Waals surface area (Å²) in [5, 5.41) is 12.7. The summed E-state index contributed by atoms with van der Waals surface area (Å²) in [6, 6.07) is 4.60. The van der Waals surface area contributed by atoms with E-state index in [9.17, 15) is 22.8 Å². The number of fused-ring (bicyclic) bond motifs is 4. The standard InChI is InChI=1S/C28H25F5N6O2S/c1-12(40-2)11-41-27-37-23-16(26(38-27)39-9-13-3-4-14(10-39)36-13)7-18(28(31,32)33)21(22(23)30)15-5-6-19(29)24-20(15)17(8-34)25(35)42-24/h5-7,12-14,36H,3-4,9-11,35H2,1-2H3/t12-,13?,14?/m0/s1. The van der Waals surface area contributed by atoms with E-state index in [1.54, 1.807) is 6.92 Å². The number of aromatic nitrogens is 2. The van der Waals surface area contributed by atoms with Gasteiger partial charge in [-0.15, -0.1) is 11.3 Å². The molecule has 2 unspecified atom stereocenters. The molecule has 0 spiro atoms. The molecule has 4 heterocycles. The van der Waals surface area contributed by atoms with Crippen LogP contribution in [-0.2, 0) is 10.9 Å². The minimum absolute atomic E-state index is 0.0155. The maximum Gasteiger partial charge on any atom is 0.417 e. The lowest BCUT2D eigenvalue weighted by Gasteiger charge is -2.34. The Balaban J connectivity index is 1.65. The zero-order valence-corrected chi connectivity index (χ0v) is 23.3. The molecule has 2 aliphatic rings. The first-order valence-corrected chi connectivity index (χ1v) is 14.0. The number of piperazine rings is 1. The number of benzene rings is 2. The van der Waals surface area contributed by atoms with Crippen molar-refractivity contribution in [3.05, 3.63) is 41.0 Å². The van der Waals surface area contributed by atoms with Gasteiger partial charge in [0.25, 0.3) is 0 Å². The van der Waals surface area contributed by atoms with E-state index in [0.29, 0.717) is 24.4 Å². The highest BCUT2D eigenvalue weighted by atomic mass is 32.1. The summed E-state index contributed by atoms with van der Waals surface area (Å²) >= 11 is 0.709. The number of halogens is 5. The monoisotopic (exact) mass is 604 g/mol. The molecule has 0 saturated carbocycles. The fourth-order valence-electron chi connectivity index (χ4n) is 5.72. The highest BCUT2D eigenvalue weighted by molar-refractivity contribution is 7.23. The van der Waals surface area contributed by atoms with Crippen LogP contribution in [0.5, 0.6) is 6.01 Å². The Morgan fingerprint density at radius 1 is 1.21 bits per heavy atom. The molecule has 6 rings (SSSR count). The van der Waals surface area contributed by atoms with Crippen LogP contribution in [0.4, 0.5) is 32.8 Å². The number of nitrogens with two attached hydrogens (primary N) is 1. The van der Waals surface area contributed by atoms with Crippen LogP contribution in [0.2, 0.25) is 0 Å². The van der Waals surface area contributed by atoms with Crippen LogP contribution in [0.15, 0.2) is 18.2 Å². The fourth-order valence-corrected chi connectivity index (χ4v) is 6.67. The number of hydrogen-bond acceptors (Lipinski definition) is 9. The van der Waals surface area contributed by atoms with Gasteiger partial charge in [-0.1, -0.05) is 6.07 Å². The molecule has 2 fully saturated rings. The van der Waals surface area contributed by atoms with Crippen LogP contribution < -0.4 is 20.7 Å². The summed E-state index contributed by atoms with van der Waals surface area (Å²) in [6.45, 7) is 2.67. The third-order valence-corrected chi connectivity index (χ3v) is 8.79. The molecule has 42 heavy (non-hydrogen) atoms. The van der Waals surface area contributed by atoms with Gasteiger partial charge < -0.3 is 25.4 Å². The number of methoxy groups -OCH3 is 1. The van der Waals surface area contributed by atoms with Gasteiger partial charge in [0, 0.05) is 48.6 Å². The van der Waals surface area contributed by atoms with E-state index in [1.807, 2.05) is 11.0 Å². The van der Waals surface area contributed by atoms with Crippen molar-refractivity contribution in [2.24, 2.45) is 0 Å². The van der Waals surface area contributed by atoms with Gasteiger partial charge in [0.15, 0.2) is 5.82 Å².